The van der Waals surface area contributed by atoms with E-state index in [-0.39, 0.29) is 0 Å². The van der Waals surface area contributed by atoms with Gasteiger partial charge in [0.05, 0.1) is 11.6 Å². The third kappa shape index (κ3) is 4.31. The maximum atomic E-state index is 8.89. The Balaban J connectivity index is 1.73. The van der Waals surface area contributed by atoms with Gasteiger partial charge in [-0.3, -0.25) is 4.90 Å². The molecule has 1 N–H and O–H groups in total. The van der Waals surface area contributed by atoms with Gasteiger partial charge >= 0.3 is 0 Å². The van der Waals surface area contributed by atoms with Crippen molar-refractivity contribution < 1.29 is 0 Å². The molecule has 0 radical (unpaired) electrons. The van der Waals surface area contributed by atoms with Crippen molar-refractivity contribution in [1.29, 1.82) is 5.26 Å². The third-order valence-electron chi connectivity index (χ3n) is 3.99. The molecule has 1 unspecified atom stereocenters. The average molecular weight is 272 g/mol. The summed E-state index contributed by atoms with van der Waals surface area (Å²) in [6, 6.07) is 10.5. The molecule has 1 aromatic rings. The Morgan fingerprint density at radius 3 is 2.75 bits per heavy atom. The molecule has 0 aliphatic carbocycles. The van der Waals surface area contributed by atoms with Crippen molar-refractivity contribution in [2.24, 2.45) is 0 Å². The molecule has 4 heteroatoms. The maximum absolute atomic E-state index is 8.89. The standard InChI is InChI=1S/C16H24N4/c1-14(20-8-6-19(2)7-9-20)12-18-13-16-5-3-4-15(10-16)11-17/h3-5,10,14,18H,6-9,12-13H2,1-2H3. The molecule has 1 aromatic carbocycles. The molecule has 20 heavy (non-hydrogen) atoms. The molecule has 0 amide bonds. The average Bonchev–Trinajstić information content (AvgIpc) is 2.48. The number of likely N-dealkylation sites (N-methyl/N-ethyl adjacent to an activating group) is 1. The number of benzene rings is 1. The van der Waals surface area contributed by atoms with Crippen molar-refractivity contribution >= 4 is 0 Å². The summed E-state index contributed by atoms with van der Waals surface area (Å²) in [7, 11) is 2.18. The lowest BCUT2D eigenvalue weighted by molar-refractivity contribution is 0.118. The zero-order chi connectivity index (χ0) is 14.4. The number of nitrogens with one attached hydrogen (secondary N) is 1. The van der Waals surface area contributed by atoms with Gasteiger partial charge in [-0.25, -0.2) is 0 Å². The summed E-state index contributed by atoms with van der Waals surface area (Å²) in [5, 5.41) is 12.4. The lowest BCUT2D eigenvalue weighted by Gasteiger charge is -2.36. The lowest BCUT2D eigenvalue weighted by Crippen LogP contribution is -2.50. The highest BCUT2D eigenvalue weighted by atomic mass is 15.3. The highest BCUT2D eigenvalue weighted by Crippen LogP contribution is 2.06. The van der Waals surface area contributed by atoms with Crippen LogP contribution in [0, 0.1) is 11.3 Å². The smallest absolute Gasteiger partial charge is 0.0991 e. The summed E-state index contributed by atoms with van der Waals surface area (Å²) < 4.78 is 0. The molecule has 0 bridgehead atoms. The van der Waals surface area contributed by atoms with E-state index in [4.69, 9.17) is 5.26 Å². The largest absolute Gasteiger partial charge is 0.311 e. The summed E-state index contributed by atoms with van der Waals surface area (Å²) in [5.41, 5.74) is 1.91. The first-order chi connectivity index (χ1) is 9.69. The highest BCUT2D eigenvalue weighted by Gasteiger charge is 2.18. The Kier molecular flexibility index (Phi) is 5.54. The second-order valence-electron chi connectivity index (χ2n) is 5.63. The van der Waals surface area contributed by atoms with Crippen LogP contribution in [0.3, 0.4) is 0 Å². The van der Waals surface area contributed by atoms with Gasteiger partial charge in [0.25, 0.3) is 0 Å². The summed E-state index contributed by atoms with van der Waals surface area (Å²) in [5.74, 6) is 0. The van der Waals surface area contributed by atoms with Gasteiger partial charge in [-0.1, -0.05) is 12.1 Å². The minimum atomic E-state index is 0.558. The molecule has 1 fully saturated rings. The van der Waals surface area contributed by atoms with Gasteiger partial charge in [0.2, 0.25) is 0 Å². The van der Waals surface area contributed by atoms with E-state index >= 15 is 0 Å². The fourth-order valence-electron chi connectivity index (χ4n) is 2.57. The Hall–Kier alpha value is -1.41. The molecule has 1 heterocycles. The van der Waals surface area contributed by atoms with E-state index in [0.717, 1.165) is 44.8 Å². The van der Waals surface area contributed by atoms with Gasteiger partial charge in [0, 0.05) is 45.3 Å². The minimum Gasteiger partial charge on any atom is -0.311 e. The van der Waals surface area contributed by atoms with Crippen molar-refractivity contribution in [3.05, 3.63) is 35.4 Å². The molecule has 1 aliphatic heterocycles. The van der Waals surface area contributed by atoms with Crippen LogP contribution in [0.25, 0.3) is 0 Å². The topological polar surface area (TPSA) is 42.3 Å². The summed E-state index contributed by atoms with van der Waals surface area (Å²) in [6.07, 6.45) is 0. The number of nitrogens with zero attached hydrogens (tertiary/aromatic N) is 3. The van der Waals surface area contributed by atoms with Gasteiger partial charge in [-0.15, -0.1) is 0 Å². The molecule has 108 valence electrons. The van der Waals surface area contributed by atoms with Crippen LogP contribution in [-0.2, 0) is 6.54 Å². The van der Waals surface area contributed by atoms with Crippen LogP contribution in [0.4, 0.5) is 0 Å². The maximum Gasteiger partial charge on any atom is 0.0991 e. The second-order valence-corrected chi connectivity index (χ2v) is 5.63. The number of hydrogen-bond acceptors (Lipinski definition) is 4. The Bertz CT molecular complexity index is 458. The third-order valence-corrected chi connectivity index (χ3v) is 3.99. The second kappa shape index (κ2) is 7.39. The number of hydrogen-bond donors (Lipinski definition) is 1. The van der Waals surface area contributed by atoms with Crippen molar-refractivity contribution in [2.45, 2.75) is 19.5 Å². The Morgan fingerprint density at radius 2 is 2.05 bits per heavy atom. The summed E-state index contributed by atoms with van der Waals surface area (Å²) >= 11 is 0. The predicted octanol–water partition coefficient (Wildman–Crippen LogP) is 1.28. The molecule has 2 rings (SSSR count). The van der Waals surface area contributed by atoms with E-state index in [1.165, 1.54) is 5.56 Å². The van der Waals surface area contributed by atoms with Crippen LogP contribution < -0.4 is 5.32 Å². The van der Waals surface area contributed by atoms with Crippen molar-refractivity contribution in [1.82, 2.24) is 15.1 Å². The first-order valence-electron chi connectivity index (χ1n) is 7.31. The number of piperazine rings is 1. The molecule has 0 aromatic heterocycles. The quantitative estimate of drug-likeness (QED) is 0.877. The normalized spacial score (nSPS) is 18.6. The van der Waals surface area contributed by atoms with E-state index < -0.39 is 0 Å². The van der Waals surface area contributed by atoms with E-state index in [0.29, 0.717) is 6.04 Å². The highest BCUT2D eigenvalue weighted by molar-refractivity contribution is 5.32. The Labute approximate surface area is 122 Å². The molecule has 1 atom stereocenters. The van der Waals surface area contributed by atoms with Crippen LogP contribution in [0.2, 0.25) is 0 Å². The first kappa shape index (κ1) is 15.0. The van der Waals surface area contributed by atoms with Crippen molar-refractivity contribution in [3.63, 3.8) is 0 Å². The van der Waals surface area contributed by atoms with Crippen LogP contribution in [0.1, 0.15) is 18.1 Å². The molecule has 0 saturated carbocycles. The number of rotatable bonds is 5. The monoisotopic (exact) mass is 272 g/mol. The fourth-order valence-corrected chi connectivity index (χ4v) is 2.57. The van der Waals surface area contributed by atoms with Crippen molar-refractivity contribution in [3.8, 4) is 6.07 Å². The van der Waals surface area contributed by atoms with E-state index in [1.54, 1.807) is 0 Å². The SMILES string of the molecule is CC(CNCc1cccc(C#N)c1)N1CCN(C)CC1. The predicted molar refractivity (Wildman–Crippen MR) is 81.4 cm³/mol. The van der Waals surface area contributed by atoms with Crippen molar-refractivity contribution in [2.75, 3.05) is 39.8 Å². The minimum absolute atomic E-state index is 0.558. The molecular formula is C16H24N4. The molecule has 1 aliphatic rings. The van der Waals surface area contributed by atoms with E-state index in [1.807, 2.05) is 18.2 Å². The van der Waals surface area contributed by atoms with Gasteiger partial charge in [-0.05, 0) is 31.7 Å². The molecule has 1 saturated heterocycles. The number of nitriles is 1. The zero-order valence-electron chi connectivity index (χ0n) is 12.5. The lowest BCUT2D eigenvalue weighted by atomic mass is 10.1. The van der Waals surface area contributed by atoms with Gasteiger partial charge in [0.15, 0.2) is 0 Å². The first-order valence-corrected chi connectivity index (χ1v) is 7.31. The van der Waals surface area contributed by atoms with Crippen LogP contribution >= 0.6 is 0 Å². The van der Waals surface area contributed by atoms with Gasteiger partial charge in [-0.2, -0.15) is 5.26 Å². The fraction of sp³-hybridized carbons (Fsp3) is 0.562. The van der Waals surface area contributed by atoms with E-state index in [2.05, 4.69) is 41.2 Å². The van der Waals surface area contributed by atoms with Gasteiger partial charge in [0.1, 0.15) is 0 Å². The van der Waals surface area contributed by atoms with Crippen LogP contribution in [0.15, 0.2) is 24.3 Å². The molecule has 0 spiro atoms. The molecule has 4 nitrogen and oxygen atoms in total. The van der Waals surface area contributed by atoms with Gasteiger partial charge < -0.3 is 10.2 Å². The summed E-state index contributed by atoms with van der Waals surface area (Å²) in [6.45, 7) is 8.73. The summed E-state index contributed by atoms with van der Waals surface area (Å²) in [4.78, 5) is 4.92. The van der Waals surface area contributed by atoms with Crippen LogP contribution in [-0.4, -0.2) is 55.6 Å². The molecular weight excluding hydrogens is 248 g/mol. The Morgan fingerprint density at radius 1 is 1.30 bits per heavy atom. The van der Waals surface area contributed by atoms with Crippen LogP contribution in [0.5, 0.6) is 0 Å². The van der Waals surface area contributed by atoms with E-state index in [9.17, 15) is 0 Å². The zero-order valence-corrected chi connectivity index (χ0v) is 12.5.